The van der Waals surface area contributed by atoms with Crippen LogP contribution in [0.2, 0.25) is 0 Å². The molecule has 2 rings (SSSR count). The number of hydrogen-bond donors (Lipinski definition) is 1. The Morgan fingerprint density at radius 2 is 2.27 bits per heavy atom. The number of nitrogens with zero attached hydrogens (tertiary/aromatic N) is 1. The Bertz CT molecular complexity index is 583. The van der Waals surface area contributed by atoms with E-state index in [0.717, 1.165) is 0 Å². The number of fused-ring (bicyclic) bond motifs is 1. The Balaban J connectivity index is 2.54. The van der Waals surface area contributed by atoms with E-state index in [2.05, 4.69) is 15.9 Å². The van der Waals surface area contributed by atoms with E-state index in [-0.39, 0.29) is 5.56 Å². The van der Waals surface area contributed by atoms with Crippen molar-refractivity contribution in [1.82, 2.24) is 9.97 Å². The molecule has 3 nitrogen and oxygen atoms in total. The van der Waals surface area contributed by atoms with Crippen LogP contribution >= 0.6 is 11.8 Å². The van der Waals surface area contributed by atoms with Crippen LogP contribution in [0.4, 0.5) is 0 Å². The molecule has 0 aliphatic rings. The van der Waals surface area contributed by atoms with Crippen molar-refractivity contribution in [3.8, 4) is 12.3 Å². The summed E-state index contributed by atoms with van der Waals surface area (Å²) in [6.45, 7) is 0. The molecule has 0 saturated carbocycles. The van der Waals surface area contributed by atoms with E-state index in [1.807, 2.05) is 18.2 Å². The van der Waals surface area contributed by atoms with Gasteiger partial charge in [0.05, 0.1) is 16.7 Å². The van der Waals surface area contributed by atoms with Crippen molar-refractivity contribution < 1.29 is 0 Å². The van der Waals surface area contributed by atoms with Gasteiger partial charge in [0.25, 0.3) is 5.56 Å². The summed E-state index contributed by atoms with van der Waals surface area (Å²) in [6, 6.07) is 7.22. The molecule has 4 heteroatoms. The first-order valence-corrected chi connectivity index (χ1v) is 5.35. The molecule has 0 amide bonds. The smallest absolute Gasteiger partial charge is 0.259 e. The second kappa shape index (κ2) is 4.20. The molecular weight excluding hydrogens is 208 g/mol. The average Bonchev–Trinajstić information content (AvgIpc) is 2.26. The van der Waals surface area contributed by atoms with Crippen molar-refractivity contribution in [1.29, 1.82) is 0 Å². The molecule has 0 fully saturated rings. The van der Waals surface area contributed by atoms with E-state index in [4.69, 9.17) is 6.42 Å². The molecule has 0 atom stereocenters. The maximum absolute atomic E-state index is 11.6. The van der Waals surface area contributed by atoms with Crippen molar-refractivity contribution in [3.63, 3.8) is 0 Å². The molecule has 1 N–H and O–H groups in total. The highest BCUT2D eigenvalue weighted by molar-refractivity contribution is 7.99. The van der Waals surface area contributed by atoms with Crippen LogP contribution in [0, 0.1) is 12.3 Å². The summed E-state index contributed by atoms with van der Waals surface area (Å²) in [5.74, 6) is 2.99. The number of thioether (sulfide) groups is 1. The van der Waals surface area contributed by atoms with Gasteiger partial charge in [0.2, 0.25) is 0 Å². The van der Waals surface area contributed by atoms with Gasteiger partial charge in [-0.05, 0) is 12.1 Å². The molecule has 74 valence electrons. The monoisotopic (exact) mass is 216 g/mol. The molecule has 0 aliphatic carbocycles. The maximum Gasteiger partial charge on any atom is 0.259 e. The van der Waals surface area contributed by atoms with Crippen LogP contribution in [0.1, 0.15) is 0 Å². The van der Waals surface area contributed by atoms with Gasteiger partial charge in [-0.25, -0.2) is 4.98 Å². The Morgan fingerprint density at radius 3 is 3.07 bits per heavy atom. The van der Waals surface area contributed by atoms with Gasteiger partial charge in [-0.2, -0.15) is 0 Å². The SMILES string of the molecule is C#CCSc1nc2ccccc2c(=O)[nH]1. The van der Waals surface area contributed by atoms with Gasteiger partial charge in [-0.15, -0.1) is 6.42 Å². The minimum atomic E-state index is -0.125. The van der Waals surface area contributed by atoms with Crippen LogP contribution in [-0.4, -0.2) is 15.7 Å². The Morgan fingerprint density at radius 1 is 1.47 bits per heavy atom. The van der Waals surface area contributed by atoms with Crippen LogP contribution in [0.25, 0.3) is 10.9 Å². The van der Waals surface area contributed by atoms with Gasteiger partial charge >= 0.3 is 0 Å². The molecule has 0 radical (unpaired) electrons. The van der Waals surface area contributed by atoms with Crippen molar-refractivity contribution >= 4 is 22.7 Å². The fraction of sp³-hybridized carbons (Fsp3) is 0.0909. The number of rotatable bonds is 2. The zero-order chi connectivity index (χ0) is 10.7. The lowest BCUT2D eigenvalue weighted by atomic mass is 10.2. The van der Waals surface area contributed by atoms with E-state index in [1.165, 1.54) is 11.8 Å². The Kier molecular flexibility index (Phi) is 2.75. The molecule has 0 aliphatic heterocycles. The lowest BCUT2D eigenvalue weighted by Gasteiger charge is -1.99. The highest BCUT2D eigenvalue weighted by Crippen LogP contribution is 2.13. The van der Waals surface area contributed by atoms with E-state index >= 15 is 0 Å². The highest BCUT2D eigenvalue weighted by Gasteiger charge is 2.02. The number of para-hydroxylation sites is 1. The van der Waals surface area contributed by atoms with Crippen LogP contribution in [0.3, 0.4) is 0 Å². The third kappa shape index (κ3) is 2.03. The summed E-state index contributed by atoms with van der Waals surface area (Å²) in [5.41, 5.74) is 0.570. The molecule has 1 aromatic heterocycles. The summed E-state index contributed by atoms with van der Waals surface area (Å²) >= 11 is 1.35. The van der Waals surface area contributed by atoms with Crippen LogP contribution < -0.4 is 5.56 Å². The molecule has 15 heavy (non-hydrogen) atoms. The summed E-state index contributed by atoms with van der Waals surface area (Å²) in [7, 11) is 0. The van der Waals surface area contributed by atoms with Gasteiger partial charge in [0.15, 0.2) is 5.16 Å². The zero-order valence-corrected chi connectivity index (χ0v) is 8.67. The van der Waals surface area contributed by atoms with Crippen molar-refractivity contribution in [2.45, 2.75) is 5.16 Å². The Labute approximate surface area is 90.9 Å². The standard InChI is InChI=1S/C11H8N2OS/c1-2-7-15-11-12-9-6-4-3-5-8(9)10(14)13-11/h1,3-6H,7H2,(H,12,13,14). The largest absolute Gasteiger partial charge is 0.301 e. The molecule has 1 heterocycles. The third-order valence-corrected chi connectivity index (χ3v) is 2.66. The fourth-order valence-electron chi connectivity index (χ4n) is 1.24. The van der Waals surface area contributed by atoms with Crippen molar-refractivity contribution in [3.05, 3.63) is 34.6 Å². The molecule has 2 aromatic rings. The van der Waals surface area contributed by atoms with E-state index < -0.39 is 0 Å². The maximum atomic E-state index is 11.6. The van der Waals surface area contributed by atoms with E-state index in [1.54, 1.807) is 6.07 Å². The lowest BCUT2D eigenvalue weighted by molar-refractivity contribution is 0.976. The second-order valence-corrected chi connectivity index (χ2v) is 3.85. The first kappa shape index (κ1) is 9.81. The predicted octanol–water partition coefficient (Wildman–Crippen LogP) is 1.65. The first-order chi connectivity index (χ1) is 7.31. The molecule has 0 bridgehead atoms. The number of nitrogens with one attached hydrogen (secondary N) is 1. The van der Waals surface area contributed by atoms with Gasteiger partial charge in [0, 0.05) is 0 Å². The molecular formula is C11H8N2OS. The second-order valence-electron chi connectivity index (χ2n) is 2.88. The predicted molar refractivity (Wildman–Crippen MR) is 61.9 cm³/mol. The van der Waals surface area contributed by atoms with Crippen molar-refractivity contribution in [2.24, 2.45) is 0 Å². The minimum Gasteiger partial charge on any atom is -0.301 e. The van der Waals surface area contributed by atoms with Gasteiger partial charge < -0.3 is 4.98 Å². The average molecular weight is 216 g/mol. The normalized spacial score (nSPS) is 10.1. The summed E-state index contributed by atoms with van der Waals surface area (Å²) in [6.07, 6.45) is 5.14. The lowest BCUT2D eigenvalue weighted by Crippen LogP contribution is -2.08. The number of hydrogen-bond acceptors (Lipinski definition) is 3. The van der Waals surface area contributed by atoms with Crippen molar-refractivity contribution in [2.75, 3.05) is 5.75 Å². The number of H-pyrrole nitrogens is 1. The first-order valence-electron chi connectivity index (χ1n) is 4.36. The van der Waals surface area contributed by atoms with Gasteiger partial charge in [0.1, 0.15) is 0 Å². The van der Waals surface area contributed by atoms with Crippen LogP contribution in [0.5, 0.6) is 0 Å². The quantitative estimate of drug-likeness (QED) is 0.471. The summed E-state index contributed by atoms with van der Waals surface area (Å²) in [4.78, 5) is 18.6. The molecule has 0 unspecified atom stereocenters. The van der Waals surface area contributed by atoms with Crippen LogP contribution in [-0.2, 0) is 0 Å². The number of terminal acetylenes is 1. The van der Waals surface area contributed by atoms with Crippen LogP contribution in [0.15, 0.2) is 34.2 Å². The molecule has 0 saturated heterocycles. The third-order valence-electron chi connectivity index (χ3n) is 1.88. The summed E-state index contributed by atoms with van der Waals surface area (Å²) < 4.78 is 0. The molecule has 0 spiro atoms. The topological polar surface area (TPSA) is 45.8 Å². The summed E-state index contributed by atoms with van der Waals surface area (Å²) in [5, 5.41) is 1.17. The highest BCUT2D eigenvalue weighted by atomic mass is 32.2. The molecule has 1 aromatic carbocycles. The Hall–Kier alpha value is -1.73. The number of aromatic nitrogens is 2. The van der Waals surface area contributed by atoms with Gasteiger partial charge in [-0.3, -0.25) is 4.79 Å². The fourth-order valence-corrected chi connectivity index (χ4v) is 1.79. The van der Waals surface area contributed by atoms with E-state index in [0.29, 0.717) is 21.8 Å². The zero-order valence-electron chi connectivity index (χ0n) is 7.86. The van der Waals surface area contributed by atoms with Gasteiger partial charge in [-0.1, -0.05) is 29.8 Å². The van der Waals surface area contributed by atoms with E-state index in [9.17, 15) is 4.79 Å². The number of aromatic amines is 1. The number of benzene rings is 1. The minimum absolute atomic E-state index is 0.125.